The highest BCUT2D eigenvalue weighted by Gasteiger charge is 2.39. The first-order valence-electron chi connectivity index (χ1n) is 13.1. The highest BCUT2D eigenvalue weighted by molar-refractivity contribution is 7.89. The third-order valence-electron chi connectivity index (χ3n) is 8.32. The molecule has 1 aromatic carbocycles. The lowest BCUT2D eigenvalue weighted by molar-refractivity contribution is -0.136. The second-order valence-corrected chi connectivity index (χ2v) is 12.5. The van der Waals surface area contributed by atoms with Crippen molar-refractivity contribution in [3.8, 4) is 0 Å². The molecule has 3 fully saturated rings. The Bertz CT molecular complexity index is 1040. The molecule has 8 heteroatoms. The highest BCUT2D eigenvalue weighted by atomic mass is 32.2. The molecule has 2 amide bonds. The van der Waals surface area contributed by atoms with Crippen LogP contribution in [0.4, 0.5) is 5.69 Å². The Morgan fingerprint density at radius 3 is 2.09 bits per heavy atom. The Kier molecular flexibility index (Phi) is 6.73. The first-order valence-corrected chi connectivity index (χ1v) is 14.5. The number of likely N-dealkylation sites (tertiary alicyclic amines) is 1. The molecule has 1 aromatic rings. The van der Waals surface area contributed by atoms with Crippen molar-refractivity contribution in [1.29, 1.82) is 0 Å². The Balaban J connectivity index is 1.25. The molecular formula is C26H37N3O4S. The fourth-order valence-electron chi connectivity index (χ4n) is 6.00. The molecule has 0 radical (unpaired) electrons. The van der Waals surface area contributed by atoms with Crippen LogP contribution >= 0.6 is 0 Å². The summed E-state index contributed by atoms with van der Waals surface area (Å²) in [7, 11) is -3.62. The van der Waals surface area contributed by atoms with Crippen molar-refractivity contribution in [2.24, 2.45) is 11.8 Å². The molecule has 34 heavy (non-hydrogen) atoms. The molecule has 0 spiro atoms. The maximum absolute atomic E-state index is 13.4. The summed E-state index contributed by atoms with van der Waals surface area (Å²) in [6.07, 6.45) is 9.39. The molecule has 0 N–H and O–H groups in total. The molecule has 0 aromatic heterocycles. The van der Waals surface area contributed by atoms with Crippen LogP contribution in [0.3, 0.4) is 0 Å². The molecule has 3 aliphatic heterocycles. The molecule has 0 bridgehead atoms. The van der Waals surface area contributed by atoms with Crippen molar-refractivity contribution in [3.63, 3.8) is 0 Å². The zero-order valence-corrected chi connectivity index (χ0v) is 21.1. The van der Waals surface area contributed by atoms with E-state index in [1.54, 1.807) is 12.1 Å². The van der Waals surface area contributed by atoms with Crippen LogP contribution in [0, 0.1) is 11.8 Å². The summed E-state index contributed by atoms with van der Waals surface area (Å²) in [6.45, 7) is 4.48. The number of rotatable bonds is 4. The fourth-order valence-corrected chi connectivity index (χ4v) is 7.52. The van der Waals surface area contributed by atoms with E-state index in [0.717, 1.165) is 56.4 Å². The zero-order chi connectivity index (χ0) is 23.9. The van der Waals surface area contributed by atoms with Crippen molar-refractivity contribution in [1.82, 2.24) is 9.21 Å². The number of anilines is 1. The molecule has 4 aliphatic rings. The van der Waals surface area contributed by atoms with Crippen LogP contribution in [0.25, 0.3) is 0 Å². The van der Waals surface area contributed by atoms with Crippen molar-refractivity contribution < 1.29 is 18.0 Å². The average molecular weight is 488 g/mol. The minimum atomic E-state index is -3.62. The van der Waals surface area contributed by atoms with Crippen LogP contribution < -0.4 is 4.90 Å². The summed E-state index contributed by atoms with van der Waals surface area (Å²) < 4.78 is 28.4. The van der Waals surface area contributed by atoms with E-state index in [4.69, 9.17) is 0 Å². The van der Waals surface area contributed by atoms with Gasteiger partial charge in [-0.15, -0.1) is 0 Å². The second-order valence-electron chi connectivity index (χ2n) is 10.6. The molecule has 1 aliphatic carbocycles. The average Bonchev–Trinajstić information content (AvgIpc) is 2.94. The zero-order valence-electron chi connectivity index (χ0n) is 20.2. The molecule has 1 atom stereocenters. The molecular weight excluding hydrogens is 450 g/mol. The van der Waals surface area contributed by atoms with Crippen LogP contribution in [0.15, 0.2) is 23.1 Å². The lowest BCUT2D eigenvalue weighted by Crippen LogP contribution is -2.44. The number of nitrogens with zero attached hydrogens (tertiary/aromatic N) is 3. The molecule has 1 saturated carbocycles. The van der Waals surface area contributed by atoms with Gasteiger partial charge in [0, 0.05) is 49.7 Å². The summed E-state index contributed by atoms with van der Waals surface area (Å²) in [5, 5.41) is 0. The van der Waals surface area contributed by atoms with Gasteiger partial charge in [0.15, 0.2) is 0 Å². The summed E-state index contributed by atoms with van der Waals surface area (Å²) in [6, 6.07) is 5.30. The molecule has 1 unspecified atom stereocenters. The quantitative estimate of drug-likeness (QED) is 0.651. The standard InChI is InChI=1S/C26H37N3O4S/c1-19-17-22-18-23(9-10-24(22)29(19)26(31)20-7-6-8-20)34(32,33)28-15-11-21(12-16-28)25(30)27-13-4-2-3-5-14-27/h9-10,18-21H,2-8,11-17H2,1H3. The van der Waals surface area contributed by atoms with Crippen molar-refractivity contribution >= 4 is 27.5 Å². The Morgan fingerprint density at radius 2 is 1.47 bits per heavy atom. The lowest BCUT2D eigenvalue weighted by Gasteiger charge is -2.33. The first kappa shape index (κ1) is 23.8. The minimum absolute atomic E-state index is 0.0572. The number of hydrogen-bond donors (Lipinski definition) is 0. The fraction of sp³-hybridized carbons (Fsp3) is 0.692. The van der Waals surface area contributed by atoms with Crippen molar-refractivity contribution in [3.05, 3.63) is 23.8 Å². The summed E-state index contributed by atoms with van der Waals surface area (Å²) in [5.41, 5.74) is 1.80. The van der Waals surface area contributed by atoms with Crippen LogP contribution in [-0.4, -0.2) is 61.7 Å². The van der Waals surface area contributed by atoms with E-state index in [9.17, 15) is 18.0 Å². The molecule has 7 nitrogen and oxygen atoms in total. The van der Waals surface area contributed by atoms with E-state index in [1.807, 2.05) is 22.8 Å². The molecule has 5 rings (SSSR count). The Labute approximate surface area is 203 Å². The van der Waals surface area contributed by atoms with Gasteiger partial charge in [-0.2, -0.15) is 4.31 Å². The molecule has 2 saturated heterocycles. The number of benzene rings is 1. The van der Waals surface area contributed by atoms with Crippen molar-refractivity contribution in [2.45, 2.75) is 82.1 Å². The number of fused-ring (bicyclic) bond motifs is 1. The summed E-state index contributed by atoms with van der Waals surface area (Å²) >= 11 is 0. The van der Waals surface area contributed by atoms with Gasteiger partial charge in [-0.1, -0.05) is 19.3 Å². The summed E-state index contributed by atoms with van der Waals surface area (Å²) in [4.78, 5) is 30.1. The monoisotopic (exact) mass is 487 g/mol. The summed E-state index contributed by atoms with van der Waals surface area (Å²) in [5.74, 6) is 0.442. The number of carbonyl (C=O) groups is 2. The van der Waals surface area contributed by atoms with Gasteiger partial charge >= 0.3 is 0 Å². The third kappa shape index (κ3) is 4.39. The lowest BCUT2D eigenvalue weighted by atomic mass is 9.84. The van der Waals surface area contributed by atoms with Crippen LogP contribution in [0.5, 0.6) is 0 Å². The third-order valence-corrected chi connectivity index (χ3v) is 10.2. The Hall–Kier alpha value is -1.93. The first-order chi connectivity index (χ1) is 16.4. The van der Waals surface area contributed by atoms with Gasteiger partial charge in [0.2, 0.25) is 21.8 Å². The van der Waals surface area contributed by atoms with Crippen LogP contribution in [0.1, 0.15) is 70.3 Å². The van der Waals surface area contributed by atoms with E-state index in [2.05, 4.69) is 0 Å². The van der Waals surface area contributed by atoms with Crippen molar-refractivity contribution in [2.75, 3.05) is 31.1 Å². The smallest absolute Gasteiger partial charge is 0.243 e. The van der Waals surface area contributed by atoms with Gasteiger partial charge in [-0.25, -0.2) is 8.42 Å². The van der Waals surface area contributed by atoms with Crippen LogP contribution in [-0.2, 0) is 26.0 Å². The van der Waals surface area contributed by atoms with Gasteiger partial charge in [0.05, 0.1) is 4.90 Å². The maximum atomic E-state index is 13.4. The van der Waals surface area contributed by atoms with Gasteiger partial charge in [-0.05, 0) is 75.6 Å². The van der Waals surface area contributed by atoms with E-state index >= 15 is 0 Å². The maximum Gasteiger partial charge on any atom is 0.243 e. The Morgan fingerprint density at radius 1 is 0.824 bits per heavy atom. The van der Waals surface area contributed by atoms with Gasteiger partial charge in [0.25, 0.3) is 0 Å². The number of piperidine rings is 1. The van der Waals surface area contributed by atoms with Gasteiger partial charge < -0.3 is 9.80 Å². The SMILES string of the molecule is CC1Cc2cc(S(=O)(=O)N3CCC(C(=O)N4CCCCCC4)CC3)ccc2N1C(=O)C1CCC1. The normalized spacial score (nSPS) is 25.0. The molecule has 186 valence electrons. The number of hydrogen-bond acceptors (Lipinski definition) is 4. The minimum Gasteiger partial charge on any atom is -0.342 e. The van der Waals surface area contributed by atoms with Gasteiger partial charge in [-0.3, -0.25) is 9.59 Å². The number of sulfonamides is 1. The van der Waals surface area contributed by atoms with Crippen LogP contribution in [0.2, 0.25) is 0 Å². The number of amides is 2. The largest absolute Gasteiger partial charge is 0.342 e. The van der Waals surface area contributed by atoms with E-state index < -0.39 is 10.0 Å². The van der Waals surface area contributed by atoms with E-state index in [-0.39, 0.29) is 29.7 Å². The number of carbonyl (C=O) groups excluding carboxylic acids is 2. The predicted molar refractivity (Wildman–Crippen MR) is 131 cm³/mol. The topological polar surface area (TPSA) is 78.0 Å². The predicted octanol–water partition coefficient (Wildman–Crippen LogP) is 3.57. The van der Waals surface area contributed by atoms with Gasteiger partial charge in [0.1, 0.15) is 0 Å². The highest BCUT2D eigenvalue weighted by Crippen LogP contribution is 2.39. The van der Waals surface area contributed by atoms with E-state index in [1.165, 1.54) is 17.1 Å². The second kappa shape index (κ2) is 9.61. The van der Waals surface area contributed by atoms with E-state index in [0.29, 0.717) is 37.2 Å². The molecule has 3 heterocycles.